The van der Waals surface area contributed by atoms with E-state index in [-0.39, 0.29) is 5.92 Å². The third-order valence-electron chi connectivity index (χ3n) is 2.84. The number of aliphatic carboxylic acids is 1. The lowest BCUT2D eigenvalue weighted by Crippen LogP contribution is -2.38. The van der Waals surface area contributed by atoms with Crippen molar-refractivity contribution in [2.45, 2.75) is 13.3 Å². The number of rotatable bonds is 3. The molecule has 0 amide bonds. The van der Waals surface area contributed by atoms with E-state index in [9.17, 15) is 4.79 Å². The van der Waals surface area contributed by atoms with E-state index in [0.717, 1.165) is 6.54 Å². The maximum Gasteiger partial charge on any atom is 0.311 e. The topological polar surface area (TPSA) is 49.3 Å². The Morgan fingerprint density at radius 1 is 1.83 bits per heavy atom. The summed E-state index contributed by atoms with van der Waals surface area (Å²) in [5.74, 6) is -0.676. The van der Waals surface area contributed by atoms with Gasteiger partial charge in [-0.05, 0) is 18.9 Å². The Labute approximate surface area is 72.5 Å². The second-order valence-electron chi connectivity index (χ2n) is 3.41. The minimum absolute atomic E-state index is 0.0324. The van der Waals surface area contributed by atoms with Gasteiger partial charge in [0.25, 0.3) is 0 Å². The molecule has 1 aliphatic heterocycles. The summed E-state index contributed by atoms with van der Waals surface area (Å²) in [6.45, 7) is 6.91. The van der Waals surface area contributed by atoms with E-state index in [4.69, 9.17) is 5.11 Å². The van der Waals surface area contributed by atoms with Gasteiger partial charge in [0.15, 0.2) is 0 Å². The van der Waals surface area contributed by atoms with Gasteiger partial charge < -0.3 is 10.4 Å². The molecule has 1 fully saturated rings. The number of carboxylic acids is 1. The molecule has 1 saturated heterocycles. The van der Waals surface area contributed by atoms with Crippen LogP contribution in [0.2, 0.25) is 0 Å². The van der Waals surface area contributed by atoms with Gasteiger partial charge in [-0.2, -0.15) is 0 Å². The number of carboxylic acid groups (broad SMARTS) is 1. The van der Waals surface area contributed by atoms with Crippen LogP contribution in [0.5, 0.6) is 0 Å². The molecule has 1 rings (SSSR count). The van der Waals surface area contributed by atoms with E-state index in [1.165, 1.54) is 0 Å². The molecule has 0 aromatic carbocycles. The highest BCUT2D eigenvalue weighted by Gasteiger charge is 2.44. The lowest BCUT2D eigenvalue weighted by Gasteiger charge is -2.27. The SMILES string of the molecule is C=CC(C)C1(C(=O)O)CCNC1. The molecule has 3 heteroatoms. The van der Waals surface area contributed by atoms with Crippen LogP contribution in [-0.2, 0) is 4.79 Å². The highest BCUT2D eigenvalue weighted by molar-refractivity contribution is 5.76. The highest BCUT2D eigenvalue weighted by atomic mass is 16.4. The highest BCUT2D eigenvalue weighted by Crippen LogP contribution is 2.35. The van der Waals surface area contributed by atoms with Gasteiger partial charge in [0, 0.05) is 6.54 Å². The van der Waals surface area contributed by atoms with Crippen molar-refractivity contribution in [3.8, 4) is 0 Å². The summed E-state index contributed by atoms with van der Waals surface area (Å²) in [5.41, 5.74) is -0.609. The Kier molecular flexibility index (Phi) is 2.52. The van der Waals surface area contributed by atoms with Crippen LogP contribution in [0.3, 0.4) is 0 Å². The zero-order chi connectivity index (χ0) is 9.19. The van der Waals surface area contributed by atoms with Crippen LogP contribution in [0.1, 0.15) is 13.3 Å². The third-order valence-corrected chi connectivity index (χ3v) is 2.84. The maximum absolute atomic E-state index is 11.0. The average molecular weight is 169 g/mol. The molecule has 1 heterocycles. The molecule has 2 atom stereocenters. The number of allylic oxidation sites excluding steroid dienone is 1. The summed E-state index contributed by atoms with van der Waals surface area (Å²) in [4.78, 5) is 11.0. The molecule has 0 spiro atoms. The van der Waals surface area contributed by atoms with Crippen LogP contribution in [0.4, 0.5) is 0 Å². The van der Waals surface area contributed by atoms with Gasteiger partial charge in [-0.1, -0.05) is 13.0 Å². The van der Waals surface area contributed by atoms with Crippen LogP contribution < -0.4 is 5.32 Å². The number of nitrogens with one attached hydrogen (secondary N) is 1. The summed E-state index contributed by atoms with van der Waals surface area (Å²) in [7, 11) is 0. The zero-order valence-corrected chi connectivity index (χ0v) is 7.34. The van der Waals surface area contributed by atoms with Crippen molar-refractivity contribution in [2.75, 3.05) is 13.1 Å². The van der Waals surface area contributed by atoms with Crippen LogP contribution in [0, 0.1) is 11.3 Å². The van der Waals surface area contributed by atoms with Gasteiger partial charge >= 0.3 is 5.97 Å². The quantitative estimate of drug-likeness (QED) is 0.616. The van der Waals surface area contributed by atoms with Crippen LogP contribution in [0.25, 0.3) is 0 Å². The Bertz CT molecular complexity index is 195. The van der Waals surface area contributed by atoms with Crippen molar-refractivity contribution in [3.63, 3.8) is 0 Å². The molecule has 3 nitrogen and oxygen atoms in total. The summed E-state index contributed by atoms with van der Waals surface area (Å²) < 4.78 is 0. The summed E-state index contributed by atoms with van der Waals surface area (Å²) in [6.07, 6.45) is 2.43. The molecule has 12 heavy (non-hydrogen) atoms. The molecular formula is C9H15NO2. The minimum Gasteiger partial charge on any atom is -0.481 e. The Morgan fingerprint density at radius 2 is 2.50 bits per heavy atom. The van der Waals surface area contributed by atoms with Crippen LogP contribution in [-0.4, -0.2) is 24.2 Å². The average Bonchev–Trinajstić information content (AvgIpc) is 2.52. The fourth-order valence-electron chi connectivity index (χ4n) is 1.70. The molecule has 0 aromatic heterocycles. The Balaban J connectivity index is 2.85. The standard InChI is InChI=1S/C9H15NO2/c1-3-7(2)9(8(11)12)4-5-10-6-9/h3,7,10H,1,4-6H2,2H3,(H,11,12). The van der Waals surface area contributed by atoms with Crippen molar-refractivity contribution < 1.29 is 9.90 Å². The molecule has 68 valence electrons. The molecule has 2 N–H and O–H groups in total. The molecule has 0 bridgehead atoms. The predicted molar refractivity (Wildman–Crippen MR) is 46.9 cm³/mol. The van der Waals surface area contributed by atoms with E-state index in [1.807, 2.05) is 6.92 Å². The molecule has 2 unspecified atom stereocenters. The summed E-state index contributed by atoms with van der Waals surface area (Å²) >= 11 is 0. The van der Waals surface area contributed by atoms with Crippen molar-refractivity contribution >= 4 is 5.97 Å². The lowest BCUT2D eigenvalue weighted by molar-refractivity contribution is -0.149. The first-order valence-electron chi connectivity index (χ1n) is 4.20. The number of hydrogen-bond acceptors (Lipinski definition) is 2. The van der Waals surface area contributed by atoms with Gasteiger partial charge in [-0.25, -0.2) is 0 Å². The van der Waals surface area contributed by atoms with Crippen molar-refractivity contribution in [3.05, 3.63) is 12.7 Å². The molecule has 0 radical (unpaired) electrons. The second-order valence-corrected chi connectivity index (χ2v) is 3.41. The van der Waals surface area contributed by atoms with Gasteiger partial charge in [0.05, 0.1) is 5.41 Å². The fraction of sp³-hybridized carbons (Fsp3) is 0.667. The maximum atomic E-state index is 11.0. The van der Waals surface area contributed by atoms with Crippen molar-refractivity contribution in [1.82, 2.24) is 5.32 Å². The first kappa shape index (κ1) is 9.26. The lowest BCUT2D eigenvalue weighted by atomic mass is 9.75. The fourth-order valence-corrected chi connectivity index (χ4v) is 1.70. The van der Waals surface area contributed by atoms with E-state index >= 15 is 0 Å². The second kappa shape index (κ2) is 3.27. The van der Waals surface area contributed by atoms with Crippen molar-refractivity contribution in [2.24, 2.45) is 11.3 Å². The summed E-state index contributed by atoms with van der Waals surface area (Å²) in [6, 6.07) is 0. The smallest absolute Gasteiger partial charge is 0.311 e. The molecule has 1 aliphatic rings. The monoisotopic (exact) mass is 169 g/mol. The molecule has 0 aliphatic carbocycles. The first-order valence-corrected chi connectivity index (χ1v) is 4.20. The van der Waals surface area contributed by atoms with E-state index in [0.29, 0.717) is 13.0 Å². The van der Waals surface area contributed by atoms with Gasteiger partial charge in [-0.3, -0.25) is 4.79 Å². The Hall–Kier alpha value is -0.830. The number of carbonyl (C=O) groups is 1. The van der Waals surface area contributed by atoms with Gasteiger partial charge in [0.1, 0.15) is 0 Å². The van der Waals surface area contributed by atoms with E-state index in [1.54, 1.807) is 6.08 Å². The Morgan fingerprint density at radius 3 is 2.83 bits per heavy atom. The van der Waals surface area contributed by atoms with Crippen molar-refractivity contribution in [1.29, 1.82) is 0 Å². The summed E-state index contributed by atoms with van der Waals surface area (Å²) in [5, 5.41) is 12.2. The minimum atomic E-state index is -0.708. The van der Waals surface area contributed by atoms with E-state index < -0.39 is 11.4 Å². The van der Waals surface area contributed by atoms with Crippen LogP contribution in [0.15, 0.2) is 12.7 Å². The zero-order valence-electron chi connectivity index (χ0n) is 7.34. The van der Waals surface area contributed by atoms with Gasteiger partial charge in [0.2, 0.25) is 0 Å². The largest absolute Gasteiger partial charge is 0.481 e. The number of hydrogen-bond donors (Lipinski definition) is 2. The molecule has 0 aromatic rings. The van der Waals surface area contributed by atoms with E-state index in [2.05, 4.69) is 11.9 Å². The normalized spacial score (nSPS) is 31.4. The predicted octanol–water partition coefficient (Wildman–Crippen LogP) is 0.873. The molecular weight excluding hydrogens is 154 g/mol. The molecule has 0 saturated carbocycles. The van der Waals surface area contributed by atoms with Gasteiger partial charge in [-0.15, -0.1) is 6.58 Å². The first-order chi connectivity index (χ1) is 5.63. The van der Waals surface area contributed by atoms with Crippen LogP contribution >= 0.6 is 0 Å². The third kappa shape index (κ3) is 1.25.